The summed E-state index contributed by atoms with van der Waals surface area (Å²) in [6.45, 7) is 21.6. The number of carbonyl (C=O) groups excluding carboxylic acids is 1. The predicted octanol–water partition coefficient (Wildman–Crippen LogP) is 7.39. The van der Waals surface area contributed by atoms with E-state index in [1.165, 1.54) is 40.2 Å². The van der Waals surface area contributed by atoms with Crippen molar-refractivity contribution >= 4 is 17.0 Å². The summed E-state index contributed by atoms with van der Waals surface area (Å²) in [6, 6.07) is 11.0. The highest BCUT2D eigenvalue weighted by Gasteiger charge is 2.17. The van der Waals surface area contributed by atoms with Gasteiger partial charge in [0.15, 0.2) is 22.6 Å². The molecule has 2 aromatic carbocycles. The Labute approximate surface area is 253 Å². The lowest BCUT2D eigenvalue weighted by molar-refractivity contribution is 0.0959. The van der Waals surface area contributed by atoms with Crippen LogP contribution in [-0.2, 0) is 21.7 Å². The highest BCUT2D eigenvalue weighted by atomic mass is 32.2. The summed E-state index contributed by atoms with van der Waals surface area (Å²) in [7, 11) is 4.59. The molecule has 0 spiro atoms. The normalized spacial score (nSPS) is 12.3. The molecule has 2 aromatic rings. The van der Waals surface area contributed by atoms with Crippen LogP contribution in [-0.4, -0.2) is 62.5 Å². The second-order valence-electron chi connectivity index (χ2n) is 8.23. The van der Waals surface area contributed by atoms with Gasteiger partial charge in [-0.2, -0.15) is 0 Å². The SMILES string of the molecule is C=CCN1CCCC1.CC.CC.CC.CNC(=O)c1cc(CCCOS(=O)c2ccc(C)cc2)cc(OC)c1OC. The number of hydrogen-bond acceptors (Lipinski definition) is 6. The number of amides is 1. The van der Waals surface area contributed by atoms with Crippen LogP contribution in [0.5, 0.6) is 11.5 Å². The van der Waals surface area contributed by atoms with Crippen LogP contribution < -0.4 is 14.8 Å². The summed E-state index contributed by atoms with van der Waals surface area (Å²) in [5, 5.41) is 2.60. The van der Waals surface area contributed by atoms with E-state index in [-0.39, 0.29) is 5.91 Å². The molecule has 0 saturated carbocycles. The van der Waals surface area contributed by atoms with Crippen molar-refractivity contribution in [2.75, 3.05) is 47.5 Å². The summed E-state index contributed by atoms with van der Waals surface area (Å²) in [4.78, 5) is 15.2. The Kier molecular flexibility index (Phi) is 25.9. The predicted molar refractivity (Wildman–Crippen MR) is 175 cm³/mol. The Balaban J connectivity index is 0. The van der Waals surface area contributed by atoms with E-state index >= 15 is 0 Å². The Bertz CT molecular complexity index is 974. The maximum Gasteiger partial charge on any atom is 0.254 e. The zero-order valence-corrected chi connectivity index (χ0v) is 28.1. The topological polar surface area (TPSA) is 77.1 Å². The number of methoxy groups -OCH3 is 2. The van der Waals surface area contributed by atoms with Crippen molar-refractivity contribution in [3.05, 3.63) is 65.7 Å². The second-order valence-corrected chi connectivity index (χ2v) is 9.40. The Morgan fingerprint density at radius 3 is 2.07 bits per heavy atom. The van der Waals surface area contributed by atoms with Crippen LogP contribution in [0, 0.1) is 6.92 Å². The molecule has 7 nitrogen and oxygen atoms in total. The molecule has 1 saturated heterocycles. The van der Waals surface area contributed by atoms with Gasteiger partial charge in [0.1, 0.15) is 0 Å². The third-order valence-corrected chi connectivity index (χ3v) is 6.65. The van der Waals surface area contributed by atoms with E-state index in [0.29, 0.717) is 41.4 Å². The van der Waals surface area contributed by atoms with E-state index in [2.05, 4.69) is 16.8 Å². The molecule has 1 N–H and O–H groups in total. The molecule has 1 fully saturated rings. The van der Waals surface area contributed by atoms with E-state index in [1.54, 1.807) is 25.2 Å². The molecule has 41 heavy (non-hydrogen) atoms. The minimum absolute atomic E-state index is 0.247. The quantitative estimate of drug-likeness (QED) is 0.217. The van der Waals surface area contributed by atoms with Gasteiger partial charge in [-0.25, -0.2) is 4.21 Å². The fourth-order valence-electron chi connectivity index (χ4n) is 3.75. The Hall–Kier alpha value is -2.68. The van der Waals surface area contributed by atoms with Crippen molar-refractivity contribution in [1.82, 2.24) is 10.2 Å². The van der Waals surface area contributed by atoms with Crippen LogP contribution in [0.25, 0.3) is 0 Å². The Morgan fingerprint density at radius 1 is 1.00 bits per heavy atom. The first-order valence-corrected chi connectivity index (χ1v) is 15.9. The van der Waals surface area contributed by atoms with E-state index < -0.39 is 11.1 Å². The average Bonchev–Trinajstić information content (AvgIpc) is 3.55. The lowest BCUT2D eigenvalue weighted by atomic mass is 10.0. The molecule has 1 amide bonds. The summed E-state index contributed by atoms with van der Waals surface area (Å²) in [5.41, 5.74) is 2.44. The third kappa shape index (κ3) is 15.8. The average molecular weight is 593 g/mol. The molecule has 0 aromatic heterocycles. The number of rotatable bonds is 11. The summed E-state index contributed by atoms with van der Waals surface area (Å²) in [5.74, 6) is 0.652. The van der Waals surface area contributed by atoms with E-state index in [4.69, 9.17) is 13.7 Å². The zero-order valence-electron chi connectivity index (χ0n) is 27.3. The van der Waals surface area contributed by atoms with Crippen LogP contribution in [0.4, 0.5) is 0 Å². The number of nitrogens with zero attached hydrogens (tertiary/aromatic N) is 1. The van der Waals surface area contributed by atoms with Gasteiger partial charge in [0, 0.05) is 13.6 Å². The van der Waals surface area contributed by atoms with E-state index in [1.807, 2.05) is 72.7 Å². The van der Waals surface area contributed by atoms with E-state index in [0.717, 1.165) is 17.7 Å². The van der Waals surface area contributed by atoms with Gasteiger partial charge in [-0.05, 0) is 75.5 Å². The highest BCUT2D eigenvalue weighted by molar-refractivity contribution is 7.80. The van der Waals surface area contributed by atoms with Crippen molar-refractivity contribution in [3.8, 4) is 11.5 Å². The number of likely N-dealkylation sites (tertiary alicyclic amines) is 1. The maximum atomic E-state index is 12.1. The fraction of sp³-hybridized carbons (Fsp3) is 0.545. The first-order chi connectivity index (χ1) is 19.9. The molecule has 1 atom stereocenters. The van der Waals surface area contributed by atoms with Gasteiger partial charge >= 0.3 is 0 Å². The molecule has 234 valence electrons. The molecule has 3 rings (SSSR count). The van der Waals surface area contributed by atoms with Gasteiger partial charge in [-0.15, -0.1) is 6.58 Å². The van der Waals surface area contributed by atoms with Crippen molar-refractivity contribution < 1.29 is 22.7 Å². The molecular formula is C33H56N2O5S. The van der Waals surface area contributed by atoms with Gasteiger partial charge in [0.05, 0.1) is 31.3 Å². The van der Waals surface area contributed by atoms with Crippen LogP contribution in [0.15, 0.2) is 53.9 Å². The van der Waals surface area contributed by atoms with E-state index in [9.17, 15) is 9.00 Å². The molecule has 0 radical (unpaired) electrons. The smallest absolute Gasteiger partial charge is 0.254 e. The first-order valence-electron chi connectivity index (χ1n) is 14.8. The molecule has 0 bridgehead atoms. The number of aryl methyl sites for hydroxylation is 2. The minimum Gasteiger partial charge on any atom is -0.493 e. The summed E-state index contributed by atoms with van der Waals surface area (Å²) >= 11 is -1.48. The largest absolute Gasteiger partial charge is 0.493 e. The van der Waals surface area contributed by atoms with Crippen molar-refractivity contribution in [1.29, 1.82) is 0 Å². The fourth-order valence-corrected chi connectivity index (χ4v) is 4.51. The summed E-state index contributed by atoms with van der Waals surface area (Å²) < 4.78 is 28.2. The Morgan fingerprint density at radius 2 is 1.59 bits per heavy atom. The number of benzene rings is 2. The van der Waals surface area contributed by atoms with Crippen LogP contribution in [0.3, 0.4) is 0 Å². The standard InChI is InChI=1S/C20H25NO5S.C7H13N.3C2H6/c1-14-7-9-16(10-8-14)27(23)26-11-5-6-15-12-17(20(22)21-2)19(25-4)18(13-15)24-3;1-2-5-8-6-3-4-7-8;3*1-2/h7-10,12-13H,5-6,11H2,1-4H3,(H,21,22);2H,1,3-7H2;3*1-2H3. The molecule has 8 heteroatoms. The summed E-state index contributed by atoms with van der Waals surface area (Å²) in [6.07, 6.45) is 6.04. The molecule has 1 heterocycles. The number of carbonyl (C=O) groups is 1. The zero-order chi connectivity index (χ0) is 31.6. The molecule has 0 aliphatic carbocycles. The number of ether oxygens (including phenoxy) is 2. The van der Waals surface area contributed by atoms with Crippen molar-refractivity contribution in [2.45, 2.75) is 79.0 Å². The van der Waals surface area contributed by atoms with Gasteiger partial charge in [-0.3, -0.25) is 13.9 Å². The molecule has 1 unspecified atom stereocenters. The van der Waals surface area contributed by atoms with Crippen LogP contribution in [0.2, 0.25) is 0 Å². The number of hydrogen-bond donors (Lipinski definition) is 1. The van der Waals surface area contributed by atoms with Gasteiger partial charge < -0.3 is 14.8 Å². The molecule has 1 aliphatic rings. The highest BCUT2D eigenvalue weighted by Crippen LogP contribution is 2.33. The minimum atomic E-state index is -1.48. The van der Waals surface area contributed by atoms with Crippen LogP contribution in [0.1, 0.15) is 82.3 Å². The second kappa shape index (κ2) is 26.2. The van der Waals surface area contributed by atoms with Gasteiger partial charge in [0.2, 0.25) is 0 Å². The molecular weight excluding hydrogens is 536 g/mol. The van der Waals surface area contributed by atoms with Crippen molar-refractivity contribution in [2.24, 2.45) is 0 Å². The lowest BCUT2D eigenvalue weighted by Gasteiger charge is -2.14. The number of nitrogens with one attached hydrogen (secondary N) is 1. The monoisotopic (exact) mass is 592 g/mol. The first kappa shape index (κ1) is 40.5. The van der Waals surface area contributed by atoms with Gasteiger partial charge in [0.25, 0.3) is 5.91 Å². The van der Waals surface area contributed by atoms with Crippen LogP contribution >= 0.6 is 0 Å². The van der Waals surface area contributed by atoms with Gasteiger partial charge in [-0.1, -0.05) is 65.3 Å². The maximum absolute atomic E-state index is 12.1. The molecule has 1 aliphatic heterocycles. The lowest BCUT2D eigenvalue weighted by Crippen LogP contribution is -2.19. The third-order valence-electron chi connectivity index (χ3n) is 5.61. The van der Waals surface area contributed by atoms with Crippen molar-refractivity contribution in [3.63, 3.8) is 0 Å².